The van der Waals surface area contributed by atoms with E-state index in [1.807, 2.05) is 19.2 Å². The zero-order valence-corrected chi connectivity index (χ0v) is 12.3. The van der Waals surface area contributed by atoms with Crippen LogP contribution in [-0.4, -0.2) is 9.97 Å². The van der Waals surface area contributed by atoms with Crippen molar-refractivity contribution >= 4 is 5.57 Å². The number of benzene rings is 1. The molecule has 20 heavy (non-hydrogen) atoms. The molecule has 2 nitrogen and oxygen atoms in total. The average molecular weight is 264 g/mol. The van der Waals surface area contributed by atoms with Crippen molar-refractivity contribution in [2.75, 3.05) is 0 Å². The van der Waals surface area contributed by atoms with Crippen LogP contribution in [0.2, 0.25) is 0 Å². The van der Waals surface area contributed by atoms with Crippen molar-refractivity contribution in [2.45, 2.75) is 27.2 Å². The molecule has 1 aromatic heterocycles. The summed E-state index contributed by atoms with van der Waals surface area (Å²) < 4.78 is 0. The van der Waals surface area contributed by atoms with Crippen LogP contribution in [-0.2, 0) is 0 Å². The maximum atomic E-state index is 4.67. The molecule has 0 N–H and O–H groups in total. The second-order valence-corrected chi connectivity index (χ2v) is 4.69. The SMILES string of the molecule is C/C=C(\C=C/CC)c1ccnc(-c2ccc(C)cc2)n1. The Hall–Kier alpha value is -2.22. The van der Waals surface area contributed by atoms with Crippen LogP contribution in [0.4, 0.5) is 0 Å². The van der Waals surface area contributed by atoms with E-state index in [9.17, 15) is 0 Å². The Morgan fingerprint density at radius 2 is 1.90 bits per heavy atom. The maximum absolute atomic E-state index is 4.67. The van der Waals surface area contributed by atoms with Gasteiger partial charge >= 0.3 is 0 Å². The molecule has 0 fully saturated rings. The van der Waals surface area contributed by atoms with Crippen LogP contribution >= 0.6 is 0 Å². The van der Waals surface area contributed by atoms with Crippen molar-refractivity contribution in [2.24, 2.45) is 0 Å². The fourth-order valence-corrected chi connectivity index (χ4v) is 1.94. The van der Waals surface area contributed by atoms with Crippen LogP contribution in [0.3, 0.4) is 0 Å². The summed E-state index contributed by atoms with van der Waals surface area (Å²) >= 11 is 0. The Morgan fingerprint density at radius 3 is 2.55 bits per heavy atom. The third kappa shape index (κ3) is 3.41. The summed E-state index contributed by atoms with van der Waals surface area (Å²) in [4.78, 5) is 9.04. The first-order valence-corrected chi connectivity index (χ1v) is 6.98. The fraction of sp³-hybridized carbons (Fsp3) is 0.222. The Labute approximate surface area is 120 Å². The van der Waals surface area contributed by atoms with E-state index >= 15 is 0 Å². The number of nitrogens with zero attached hydrogens (tertiary/aromatic N) is 2. The van der Waals surface area contributed by atoms with Gasteiger partial charge in [0.25, 0.3) is 0 Å². The van der Waals surface area contributed by atoms with Gasteiger partial charge in [0.1, 0.15) is 0 Å². The van der Waals surface area contributed by atoms with E-state index in [-0.39, 0.29) is 0 Å². The minimum Gasteiger partial charge on any atom is -0.237 e. The number of aryl methyl sites for hydroxylation is 1. The van der Waals surface area contributed by atoms with Crippen molar-refractivity contribution in [1.82, 2.24) is 9.97 Å². The molecule has 1 heterocycles. The Bertz CT molecular complexity index is 622. The van der Waals surface area contributed by atoms with E-state index in [1.54, 1.807) is 0 Å². The van der Waals surface area contributed by atoms with Crippen LogP contribution in [0.5, 0.6) is 0 Å². The van der Waals surface area contributed by atoms with Crippen molar-refractivity contribution < 1.29 is 0 Å². The standard InChI is InChI=1S/C18H20N2/c1-4-6-7-15(5-2)17-12-13-19-18(20-17)16-10-8-14(3)9-11-16/h5-13H,4H2,1-3H3/b7-6-,15-5+. The van der Waals surface area contributed by atoms with E-state index in [1.165, 1.54) is 5.56 Å². The first-order chi connectivity index (χ1) is 9.74. The Kier molecular flexibility index (Phi) is 4.83. The lowest BCUT2D eigenvalue weighted by Gasteiger charge is -2.05. The zero-order valence-electron chi connectivity index (χ0n) is 12.3. The van der Waals surface area contributed by atoms with Gasteiger partial charge in [0.2, 0.25) is 0 Å². The smallest absolute Gasteiger partial charge is 0.159 e. The highest BCUT2D eigenvalue weighted by atomic mass is 14.9. The molecule has 0 atom stereocenters. The summed E-state index contributed by atoms with van der Waals surface area (Å²) in [6.07, 6.45) is 9.17. The van der Waals surface area contributed by atoms with Gasteiger partial charge in [0.15, 0.2) is 5.82 Å². The van der Waals surface area contributed by atoms with Gasteiger partial charge in [-0.15, -0.1) is 0 Å². The lowest BCUT2D eigenvalue weighted by atomic mass is 10.1. The topological polar surface area (TPSA) is 25.8 Å². The molecule has 0 aliphatic heterocycles. The molecule has 0 amide bonds. The molecule has 0 unspecified atom stereocenters. The molecule has 102 valence electrons. The third-order valence-corrected chi connectivity index (χ3v) is 3.11. The van der Waals surface area contributed by atoms with Gasteiger partial charge < -0.3 is 0 Å². The number of allylic oxidation sites excluding steroid dienone is 4. The molecular weight excluding hydrogens is 244 g/mol. The molecule has 0 spiro atoms. The van der Waals surface area contributed by atoms with Crippen LogP contribution < -0.4 is 0 Å². The second kappa shape index (κ2) is 6.80. The quantitative estimate of drug-likeness (QED) is 0.740. The first-order valence-electron chi connectivity index (χ1n) is 6.98. The predicted molar refractivity (Wildman–Crippen MR) is 85.3 cm³/mol. The molecule has 2 rings (SSSR count). The first kappa shape index (κ1) is 14.2. The van der Waals surface area contributed by atoms with Gasteiger partial charge in [-0.25, -0.2) is 9.97 Å². The van der Waals surface area contributed by atoms with Crippen LogP contribution in [0.1, 0.15) is 31.5 Å². The summed E-state index contributed by atoms with van der Waals surface area (Å²) in [7, 11) is 0. The number of rotatable bonds is 4. The minimum atomic E-state index is 0.770. The monoisotopic (exact) mass is 264 g/mol. The van der Waals surface area contributed by atoms with Gasteiger partial charge in [-0.2, -0.15) is 0 Å². The minimum absolute atomic E-state index is 0.770. The fourth-order valence-electron chi connectivity index (χ4n) is 1.94. The molecule has 2 heteroatoms. The van der Waals surface area contributed by atoms with Crippen molar-refractivity contribution in [3.8, 4) is 11.4 Å². The Morgan fingerprint density at radius 1 is 1.15 bits per heavy atom. The molecule has 0 aliphatic carbocycles. The molecule has 0 radical (unpaired) electrons. The highest BCUT2D eigenvalue weighted by Gasteiger charge is 2.04. The summed E-state index contributed by atoms with van der Waals surface area (Å²) in [6, 6.07) is 10.2. The van der Waals surface area contributed by atoms with E-state index in [0.717, 1.165) is 29.1 Å². The largest absolute Gasteiger partial charge is 0.237 e. The van der Waals surface area contributed by atoms with Gasteiger partial charge in [-0.3, -0.25) is 0 Å². The molecule has 0 aliphatic rings. The van der Waals surface area contributed by atoms with E-state index in [2.05, 4.69) is 66.3 Å². The summed E-state index contributed by atoms with van der Waals surface area (Å²) in [6.45, 7) is 6.24. The maximum Gasteiger partial charge on any atom is 0.159 e. The lowest BCUT2D eigenvalue weighted by Crippen LogP contribution is -1.93. The number of hydrogen-bond acceptors (Lipinski definition) is 2. The van der Waals surface area contributed by atoms with Gasteiger partial charge in [-0.05, 0) is 31.9 Å². The van der Waals surface area contributed by atoms with E-state index in [0.29, 0.717) is 0 Å². The summed E-state index contributed by atoms with van der Waals surface area (Å²) in [5.41, 5.74) is 4.38. The average Bonchev–Trinajstić information content (AvgIpc) is 2.49. The lowest BCUT2D eigenvalue weighted by molar-refractivity contribution is 1.15. The Balaban J connectivity index is 2.37. The zero-order chi connectivity index (χ0) is 14.4. The number of aromatic nitrogens is 2. The van der Waals surface area contributed by atoms with Crippen LogP contribution in [0, 0.1) is 6.92 Å². The second-order valence-electron chi connectivity index (χ2n) is 4.69. The summed E-state index contributed by atoms with van der Waals surface area (Å²) in [5.74, 6) is 0.770. The molecule has 0 saturated carbocycles. The predicted octanol–water partition coefficient (Wildman–Crippen LogP) is 4.82. The number of hydrogen-bond donors (Lipinski definition) is 0. The van der Waals surface area contributed by atoms with Gasteiger partial charge in [-0.1, -0.05) is 55.0 Å². The van der Waals surface area contributed by atoms with Crippen LogP contribution in [0.15, 0.2) is 54.8 Å². The molecule has 0 saturated heterocycles. The molecule has 0 bridgehead atoms. The van der Waals surface area contributed by atoms with Crippen molar-refractivity contribution in [1.29, 1.82) is 0 Å². The van der Waals surface area contributed by atoms with Crippen LogP contribution in [0.25, 0.3) is 17.0 Å². The summed E-state index contributed by atoms with van der Waals surface area (Å²) in [5, 5.41) is 0. The van der Waals surface area contributed by atoms with Gasteiger partial charge in [0, 0.05) is 11.8 Å². The van der Waals surface area contributed by atoms with Crippen molar-refractivity contribution in [3.63, 3.8) is 0 Å². The highest BCUT2D eigenvalue weighted by Crippen LogP contribution is 2.19. The highest BCUT2D eigenvalue weighted by molar-refractivity contribution is 5.72. The van der Waals surface area contributed by atoms with E-state index in [4.69, 9.17) is 0 Å². The molecule has 1 aromatic carbocycles. The normalized spacial score (nSPS) is 12.1. The third-order valence-electron chi connectivity index (χ3n) is 3.11. The van der Waals surface area contributed by atoms with Gasteiger partial charge in [0.05, 0.1) is 5.69 Å². The molecule has 2 aromatic rings. The molecular formula is C18H20N2. The van der Waals surface area contributed by atoms with E-state index < -0.39 is 0 Å². The van der Waals surface area contributed by atoms with Crippen molar-refractivity contribution in [3.05, 3.63) is 66.0 Å².